The van der Waals surface area contributed by atoms with Crippen molar-refractivity contribution in [2.45, 2.75) is 94.5 Å². The third-order valence-electron chi connectivity index (χ3n) is 8.44. The molecule has 1 aromatic heterocycles. The average Bonchev–Trinajstić information content (AvgIpc) is 3.04. The molecule has 2 aliphatic rings. The highest BCUT2D eigenvalue weighted by Gasteiger charge is 2.43. The Bertz CT molecular complexity index is 1210. The van der Waals surface area contributed by atoms with Gasteiger partial charge in [-0.3, -0.25) is 24.2 Å². The maximum absolute atomic E-state index is 13.9. The number of nitrogens with one attached hydrogen (secondary N) is 4. The molecule has 2 bridgehead atoms. The van der Waals surface area contributed by atoms with Crippen LogP contribution in [0.2, 0.25) is 0 Å². The van der Waals surface area contributed by atoms with Crippen molar-refractivity contribution in [1.29, 1.82) is 0 Å². The second-order valence-electron chi connectivity index (χ2n) is 12.7. The predicted octanol–water partition coefficient (Wildman–Crippen LogP) is 1.69. The zero-order valence-electron chi connectivity index (χ0n) is 27.4. The standard InChI is InChI=1S/C32H50N6O6S2/c1-5-22(4)27-29(42)38-31(18-33,19-39)20-46-17-24-8-6-7-23(34-24)16-45-14-9-26(40)37-32(10-12-44-13-11-32)30(43)35-25(15-21(2)3)28(41)36-27/h6-8,19,21-22,25,27H,5,9-18,20,33H2,1-4H3,(H,35,43)(H,36,41)(H,37,40)(H,38,42)/t22-,25-,27-,31?/m0/s1. The minimum atomic E-state index is -1.35. The molecule has 4 amide bonds. The molecule has 0 radical (unpaired) electrons. The van der Waals surface area contributed by atoms with E-state index in [2.05, 4.69) is 21.3 Å². The molecule has 1 fully saturated rings. The maximum atomic E-state index is 13.9. The van der Waals surface area contributed by atoms with Crippen LogP contribution in [0.5, 0.6) is 0 Å². The SMILES string of the molecule is CC[C@H](C)[C@@H]1NC(=O)[C@H](CC(C)C)NC(=O)C2(CCOCC2)NC(=O)CCSCc2cccc(n2)CSCC(C=O)(CN)NC1=O. The summed E-state index contributed by atoms with van der Waals surface area (Å²) in [7, 11) is 0. The summed E-state index contributed by atoms with van der Waals surface area (Å²) >= 11 is 3.00. The molecule has 14 heteroatoms. The topological polar surface area (TPSA) is 182 Å². The number of rotatable bonds is 6. The van der Waals surface area contributed by atoms with Crippen molar-refractivity contribution in [2.24, 2.45) is 17.6 Å². The highest BCUT2D eigenvalue weighted by molar-refractivity contribution is 7.98. The lowest BCUT2D eigenvalue weighted by Gasteiger charge is -2.38. The molecule has 0 aliphatic carbocycles. The van der Waals surface area contributed by atoms with Gasteiger partial charge in [-0.25, -0.2) is 0 Å². The van der Waals surface area contributed by atoms with Gasteiger partial charge < -0.3 is 36.5 Å². The van der Waals surface area contributed by atoms with Gasteiger partial charge in [-0.15, -0.1) is 0 Å². The van der Waals surface area contributed by atoms with Crippen molar-refractivity contribution in [3.8, 4) is 0 Å². The summed E-state index contributed by atoms with van der Waals surface area (Å²) in [5.41, 5.74) is 5.17. The summed E-state index contributed by atoms with van der Waals surface area (Å²) < 4.78 is 5.52. The summed E-state index contributed by atoms with van der Waals surface area (Å²) in [6.45, 7) is 8.08. The number of carbonyl (C=O) groups is 5. The third kappa shape index (κ3) is 10.7. The molecule has 1 saturated heterocycles. The van der Waals surface area contributed by atoms with E-state index in [1.807, 2.05) is 45.9 Å². The van der Waals surface area contributed by atoms with Crippen LogP contribution in [0.25, 0.3) is 0 Å². The number of hydrogen-bond donors (Lipinski definition) is 5. The van der Waals surface area contributed by atoms with Gasteiger partial charge in [0.15, 0.2) is 0 Å². The smallest absolute Gasteiger partial charge is 0.246 e. The van der Waals surface area contributed by atoms with E-state index in [0.29, 0.717) is 49.6 Å². The molecule has 0 aromatic carbocycles. The Kier molecular flexibility index (Phi) is 14.8. The van der Waals surface area contributed by atoms with E-state index in [1.54, 1.807) is 11.8 Å². The van der Waals surface area contributed by atoms with Crippen LogP contribution in [0.1, 0.15) is 71.2 Å². The molecule has 4 atom stereocenters. The summed E-state index contributed by atoms with van der Waals surface area (Å²) in [6.07, 6.45) is 2.30. The Morgan fingerprint density at radius 1 is 1.02 bits per heavy atom. The Labute approximate surface area is 280 Å². The zero-order valence-corrected chi connectivity index (χ0v) is 29.0. The number of pyridine rings is 1. The normalized spacial score (nSPS) is 26.5. The van der Waals surface area contributed by atoms with E-state index in [9.17, 15) is 24.0 Å². The number of aromatic nitrogens is 1. The fourth-order valence-electron chi connectivity index (χ4n) is 5.36. The molecule has 46 heavy (non-hydrogen) atoms. The van der Waals surface area contributed by atoms with Crippen molar-refractivity contribution in [1.82, 2.24) is 26.3 Å². The van der Waals surface area contributed by atoms with E-state index in [-0.39, 0.29) is 49.3 Å². The summed E-state index contributed by atoms with van der Waals surface area (Å²) in [5.74, 6) is -0.137. The van der Waals surface area contributed by atoms with Crippen molar-refractivity contribution >= 4 is 53.4 Å². The maximum Gasteiger partial charge on any atom is 0.246 e. The van der Waals surface area contributed by atoms with Gasteiger partial charge in [0.25, 0.3) is 0 Å². The second-order valence-corrected chi connectivity index (χ2v) is 14.7. The second kappa shape index (κ2) is 18.0. The molecule has 2 aliphatic heterocycles. The zero-order chi connectivity index (χ0) is 33.7. The van der Waals surface area contributed by atoms with Crippen LogP contribution in [0, 0.1) is 11.8 Å². The Hall–Kier alpha value is -2.68. The first kappa shape index (κ1) is 37.8. The molecule has 3 rings (SSSR count). The molecule has 1 aromatic rings. The number of nitrogens with zero attached hydrogens (tertiary/aromatic N) is 1. The average molecular weight is 679 g/mol. The van der Waals surface area contributed by atoms with E-state index < -0.39 is 40.9 Å². The quantitative estimate of drug-likeness (QED) is 0.278. The summed E-state index contributed by atoms with van der Waals surface area (Å²) in [5, 5.41) is 11.6. The van der Waals surface area contributed by atoms with Gasteiger partial charge >= 0.3 is 0 Å². The number of fused-ring (bicyclic) bond motifs is 2. The van der Waals surface area contributed by atoms with Crippen molar-refractivity contribution in [3.63, 3.8) is 0 Å². The summed E-state index contributed by atoms with van der Waals surface area (Å²) in [4.78, 5) is 71.7. The number of carbonyl (C=O) groups excluding carboxylic acids is 5. The van der Waals surface area contributed by atoms with Gasteiger partial charge in [-0.05, 0) is 30.4 Å². The molecule has 0 saturated carbocycles. The minimum Gasteiger partial charge on any atom is -0.381 e. The Morgan fingerprint density at radius 3 is 2.30 bits per heavy atom. The fourth-order valence-corrected chi connectivity index (χ4v) is 7.30. The van der Waals surface area contributed by atoms with Gasteiger partial charge in [0.05, 0.1) is 11.4 Å². The Balaban J connectivity index is 1.96. The molecule has 1 spiro atoms. The van der Waals surface area contributed by atoms with Crippen LogP contribution in [-0.2, 0) is 40.2 Å². The lowest BCUT2D eigenvalue weighted by molar-refractivity contribution is -0.140. The van der Waals surface area contributed by atoms with Crippen LogP contribution in [0.4, 0.5) is 0 Å². The highest BCUT2D eigenvalue weighted by Crippen LogP contribution is 2.24. The number of ether oxygens (including phenoxy) is 1. The van der Waals surface area contributed by atoms with E-state index >= 15 is 0 Å². The van der Waals surface area contributed by atoms with Crippen LogP contribution in [-0.4, -0.2) is 89.3 Å². The van der Waals surface area contributed by atoms with Crippen LogP contribution < -0.4 is 27.0 Å². The van der Waals surface area contributed by atoms with Gasteiger partial charge in [0.1, 0.15) is 29.4 Å². The lowest BCUT2D eigenvalue weighted by Crippen LogP contribution is -2.65. The lowest BCUT2D eigenvalue weighted by atomic mass is 9.87. The highest BCUT2D eigenvalue weighted by atomic mass is 32.2. The molecule has 1 unspecified atom stereocenters. The monoisotopic (exact) mass is 678 g/mol. The van der Waals surface area contributed by atoms with Gasteiger partial charge in [-0.1, -0.05) is 40.2 Å². The van der Waals surface area contributed by atoms with Crippen molar-refractivity contribution in [2.75, 3.05) is 31.3 Å². The van der Waals surface area contributed by atoms with Crippen molar-refractivity contribution < 1.29 is 28.7 Å². The molecular formula is C32H50N6O6S2. The Morgan fingerprint density at radius 2 is 1.70 bits per heavy atom. The third-order valence-corrected chi connectivity index (χ3v) is 10.7. The molecule has 12 nitrogen and oxygen atoms in total. The van der Waals surface area contributed by atoms with Crippen LogP contribution >= 0.6 is 23.5 Å². The number of aldehydes is 1. The first-order chi connectivity index (χ1) is 22.0. The molecule has 256 valence electrons. The van der Waals surface area contributed by atoms with Gasteiger partial charge in [0.2, 0.25) is 23.6 Å². The van der Waals surface area contributed by atoms with Gasteiger partial charge in [0, 0.05) is 62.0 Å². The van der Waals surface area contributed by atoms with E-state index in [0.717, 1.165) is 11.4 Å². The summed E-state index contributed by atoms with van der Waals surface area (Å²) in [6, 6.07) is 3.80. The van der Waals surface area contributed by atoms with E-state index in [4.69, 9.17) is 15.5 Å². The number of amides is 4. The predicted molar refractivity (Wildman–Crippen MR) is 181 cm³/mol. The molecular weight excluding hydrogens is 629 g/mol. The first-order valence-electron chi connectivity index (χ1n) is 16.0. The number of thioether (sulfide) groups is 2. The van der Waals surface area contributed by atoms with Crippen LogP contribution in [0.3, 0.4) is 0 Å². The molecule has 3 heterocycles. The first-order valence-corrected chi connectivity index (χ1v) is 18.4. The van der Waals surface area contributed by atoms with E-state index in [1.165, 1.54) is 11.8 Å². The number of nitrogens with two attached hydrogens (primary N) is 1. The minimum absolute atomic E-state index is 0.0359. The largest absolute Gasteiger partial charge is 0.381 e. The number of hydrogen-bond acceptors (Lipinski definition) is 10. The molecule has 6 N–H and O–H groups in total. The fraction of sp³-hybridized carbons (Fsp3) is 0.688. The van der Waals surface area contributed by atoms with Crippen LogP contribution in [0.15, 0.2) is 18.2 Å². The van der Waals surface area contributed by atoms with Crippen molar-refractivity contribution in [3.05, 3.63) is 29.6 Å². The van der Waals surface area contributed by atoms with Gasteiger partial charge in [-0.2, -0.15) is 23.5 Å².